The summed E-state index contributed by atoms with van der Waals surface area (Å²) >= 11 is 5.39. The molecule has 18 heavy (non-hydrogen) atoms. The first-order chi connectivity index (χ1) is 8.75. The Morgan fingerprint density at radius 3 is 3.00 bits per heavy atom. The largest absolute Gasteiger partial charge is 0.329 e. The topological polar surface area (TPSA) is 36.9 Å². The van der Waals surface area contributed by atoms with Gasteiger partial charge in [-0.3, -0.25) is 9.47 Å². The number of pyridine rings is 1. The third kappa shape index (κ3) is 2.08. The van der Waals surface area contributed by atoms with Gasteiger partial charge in [-0.25, -0.2) is 4.98 Å². The van der Waals surface area contributed by atoms with Crippen molar-refractivity contribution >= 4 is 23.4 Å². The van der Waals surface area contributed by atoms with Gasteiger partial charge < -0.3 is 4.98 Å². The fourth-order valence-electron chi connectivity index (χ4n) is 2.72. The van der Waals surface area contributed by atoms with Crippen LogP contribution in [-0.2, 0) is 6.54 Å². The molecule has 0 aromatic carbocycles. The molecule has 1 atom stereocenters. The molecule has 2 aromatic rings. The Hall–Kier alpha value is -1.20. The van der Waals surface area contributed by atoms with E-state index in [0.717, 1.165) is 22.5 Å². The number of aromatic nitrogens is 3. The zero-order valence-corrected chi connectivity index (χ0v) is 11.4. The summed E-state index contributed by atoms with van der Waals surface area (Å²) in [4.78, 5) is 10.2. The second-order valence-electron chi connectivity index (χ2n) is 5.01. The monoisotopic (exact) mass is 262 g/mol. The zero-order valence-electron chi connectivity index (χ0n) is 10.6. The van der Waals surface area contributed by atoms with Gasteiger partial charge in [0.25, 0.3) is 0 Å². The van der Waals surface area contributed by atoms with E-state index in [4.69, 9.17) is 12.2 Å². The number of imidazole rings is 1. The molecular weight excluding hydrogens is 244 g/mol. The Bertz CT molecular complexity index is 594. The van der Waals surface area contributed by atoms with E-state index < -0.39 is 0 Å². The molecule has 5 heteroatoms. The Labute approximate surface area is 112 Å². The fourth-order valence-corrected chi connectivity index (χ4v) is 2.99. The lowest BCUT2D eigenvalue weighted by Crippen LogP contribution is -2.33. The van der Waals surface area contributed by atoms with Crippen molar-refractivity contribution in [3.8, 4) is 0 Å². The third-order valence-electron chi connectivity index (χ3n) is 3.74. The van der Waals surface area contributed by atoms with Crippen molar-refractivity contribution < 1.29 is 0 Å². The standard InChI is InChI=1S/C13H18N4S/c1-10(16-7-2-3-8-16)9-17-12-11(15-13(17)18)5-4-6-14-12/h4-6,10H,2-3,7-9H2,1H3,(H,15,18). The van der Waals surface area contributed by atoms with Crippen LogP contribution >= 0.6 is 12.2 Å². The number of hydrogen-bond acceptors (Lipinski definition) is 3. The minimum Gasteiger partial charge on any atom is -0.329 e. The number of rotatable bonds is 3. The average Bonchev–Trinajstić information content (AvgIpc) is 2.98. The maximum atomic E-state index is 5.39. The SMILES string of the molecule is CC(Cn1c(=S)[nH]c2cccnc21)N1CCCC1. The average molecular weight is 262 g/mol. The van der Waals surface area contributed by atoms with Crippen LogP contribution in [0.4, 0.5) is 0 Å². The second-order valence-corrected chi connectivity index (χ2v) is 5.39. The summed E-state index contributed by atoms with van der Waals surface area (Å²) in [5.41, 5.74) is 1.99. The maximum Gasteiger partial charge on any atom is 0.179 e. The van der Waals surface area contributed by atoms with E-state index >= 15 is 0 Å². The zero-order chi connectivity index (χ0) is 12.5. The van der Waals surface area contributed by atoms with Gasteiger partial charge in [-0.05, 0) is 57.2 Å². The van der Waals surface area contributed by atoms with E-state index in [0.29, 0.717) is 6.04 Å². The van der Waals surface area contributed by atoms with Gasteiger partial charge in [0.05, 0.1) is 5.52 Å². The number of hydrogen-bond donors (Lipinski definition) is 1. The van der Waals surface area contributed by atoms with Crippen molar-refractivity contribution in [2.45, 2.75) is 32.4 Å². The van der Waals surface area contributed by atoms with Crippen LogP contribution in [0.1, 0.15) is 19.8 Å². The smallest absolute Gasteiger partial charge is 0.179 e. The number of likely N-dealkylation sites (tertiary alicyclic amines) is 1. The molecule has 0 saturated carbocycles. The lowest BCUT2D eigenvalue weighted by Gasteiger charge is -2.24. The minimum absolute atomic E-state index is 0.514. The molecule has 1 unspecified atom stereocenters. The van der Waals surface area contributed by atoms with E-state index in [1.807, 2.05) is 18.3 Å². The van der Waals surface area contributed by atoms with Crippen LogP contribution in [0, 0.1) is 4.77 Å². The molecule has 0 aliphatic carbocycles. The lowest BCUT2D eigenvalue weighted by molar-refractivity contribution is 0.236. The summed E-state index contributed by atoms with van der Waals surface area (Å²) in [5, 5.41) is 0. The number of H-pyrrole nitrogens is 1. The molecule has 1 fully saturated rings. The van der Waals surface area contributed by atoms with Crippen LogP contribution in [0.3, 0.4) is 0 Å². The summed E-state index contributed by atoms with van der Waals surface area (Å²) in [5.74, 6) is 0. The van der Waals surface area contributed by atoms with Crippen molar-refractivity contribution in [3.05, 3.63) is 23.1 Å². The number of nitrogens with zero attached hydrogens (tertiary/aromatic N) is 3. The van der Waals surface area contributed by atoms with Crippen molar-refractivity contribution in [3.63, 3.8) is 0 Å². The van der Waals surface area contributed by atoms with Gasteiger partial charge >= 0.3 is 0 Å². The van der Waals surface area contributed by atoms with Crippen molar-refractivity contribution in [2.75, 3.05) is 13.1 Å². The second kappa shape index (κ2) is 4.82. The summed E-state index contributed by atoms with van der Waals surface area (Å²) in [7, 11) is 0. The molecule has 3 rings (SSSR count). The van der Waals surface area contributed by atoms with Gasteiger partial charge in [0.15, 0.2) is 10.4 Å². The number of nitrogens with one attached hydrogen (secondary N) is 1. The van der Waals surface area contributed by atoms with Crippen molar-refractivity contribution in [2.24, 2.45) is 0 Å². The summed E-state index contributed by atoms with van der Waals surface area (Å²) in [6.45, 7) is 5.61. The van der Waals surface area contributed by atoms with Crippen LogP contribution in [0.15, 0.2) is 18.3 Å². The van der Waals surface area contributed by atoms with E-state index in [1.54, 1.807) is 0 Å². The van der Waals surface area contributed by atoms with Gasteiger partial charge in [-0.2, -0.15) is 0 Å². The highest BCUT2D eigenvalue weighted by Crippen LogP contribution is 2.16. The van der Waals surface area contributed by atoms with Gasteiger partial charge in [0, 0.05) is 18.8 Å². The van der Waals surface area contributed by atoms with Crippen LogP contribution in [-0.4, -0.2) is 38.6 Å². The predicted molar refractivity (Wildman–Crippen MR) is 75.2 cm³/mol. The van der Waals surface area contributed by atoms with Crippen LogP contribution in [0.25, 0.3) is 11.2 Å². The van der Waals surface area contributed by atoms with Crippen LogP contribution < -0.4 is 0 Å². The highest BCUT2D eigenvalue weighted by molar-refractivity contribution is 7.71. The molecule has 4 nitrogen and oxygen atoms in total. The van der Waals surface area contributed by atoms with E-state index in [-0.39, 0.29) is 0 Å². The first-order valence-electron chi connectivity index (χ1n) is 6.53. The van der Waals surface area contributed by atoms with Crippen molar-refractivity contribution in [1.82, 2.24) is 19.4 Å². The Morgan fingerprint density at radius 1 is 1.44 bits per heavy atom. The summed E-state index contributed by atoms with van der Waals surface area (Å²) in [6.07, 6.45) is 4.46. The van der Waals surface area contributed by atoms with Gasteiger partial charge in [0.2, 0.25) is 0 Å². The molecule has 1 aliphatic rings. The predicted octanol–water partition coefficient (Wildman–Crippen LogP) is 2.58. The quantitative estimate of drug-likeness (QED) is 0.864. The summed E-state index contributed by atoms with van der Waals surface area (Å²) < 4.78 is 2.89. The Kier molecular flexibility index (Phi) is 3.18. The third-order valence-corrected chi connectivity index (χ3v) is 4.06. The maximum absolute atomic E-state index is 5.39. The highest BCUT2D eigenvalue weighted by Gasteiger charge is 2.19. The normalized spacial score (nSPS) is 18.5. The van der Waals surface area contributed by atoms with Crippen molar-refractivity contribution in [1.29, 1.82) is 0 Å². The summed E-state index contributed by atoms with van der Waals surface area (Å²) in [6, 6.07) is 4.47. The molecule has 0 radical (unpaired) electrons. The molecule has 96 valence electrons. The van der Waals surface area contributed by atoms with E-state index in [2.05, 4.69) is 26.4 Å². The highest BCUT2D eigenvalue weighted by atomic mass is 32.1. The van der Waals surface area contributed by atoms with Crippen LogP contribution in [0.2, 0.25) is 0 Å². The van der Waals surface area contributed by atoms with Crippen LogP contribution in [0.5, 0.6) is 0 Å². The molecule has 3 heterocycles. The Balaban J connectivity index is 1.89. The molecule has 2 aromatic heterocycles. The number of aromatic amines is 1. The molecule has 1 aliphatic heterocycles. The number of fused-ring (bicyclic) bond motifs is 1. The lowest BCUT2D eigenvalue weighted by atomic mass is 10.3. The molecule has 1 N–H and O–H groups in total. The van der Waals surface area contributed by atoms with E-state index in [9.17, 15) is 0 Å². The van der Waals surface area contributed by atoms with Gasteiger partial charge in [0.1, 0.15) is 0 Å². The first kappa shape index (κ1) is 11.9. The molecular formula is C13H18N4S. The van der Waals surface area contributed by atoms with Gasteiger partial charge in [-0.1, -0.05) is 0 Å². The first-order valence-corrected chi connectivity index (χ1v) is 6.94. The minimum atomic E-state index is 0.514. The molecule has 0 bridgehead atoms. The Morgan fingerprint density at radius 2 is 2.22 bits per heavy atom. The fraction of sp³-hybridized carbons (Fsp3) is 0.538. The molecule has 0 spiro atoms. The molecule has 1 saturated heterocycles. The van der Waals surface area contributed by atoms with E-state index in [1.165, 1.54) is 25.9 Å². The molecule has 0 amide bonds. The van der Waals surface area contributed by atoms with Gasteiger partial charge in [-0.15, -0.1) is 0 Å².